The lowest BCUT2D eigenvalue weighted by atomic mass is 9.89. The third-order valence-electron chi connectivity index (χ3n) is 5.27. The van der Waals surface area contributed by atoms with Gasteiger partial charge in [0.1, 0.15) is 5.75 Å². The monoisotopic (exact) mass is 416 g/mol. The lowest BCUT2D eigenvalue weighted by Crippen LogP contribution is -2.28. The molecule has 7 heteroatoms. The molecule has 0 radical (unpaired) electrons. The number of hydrogen-bond acceptors (Lipinski definition) is 4. The van der Waals surface area contributed by atoms with Crippen LogP contribution in [-0.2, 0) is 27.7 Å². The number of nitrogens with one attached hydrogen (secondary N) is 2. The van der Waals surface area contributed by atoms with Crippen molar-refractivity contribution in [2.24, 2.45) is 0 Å². The summed E-state index contributed by atoms with van der Waals surface area (Å²) in [6.45, 7) is 3.32. The van der Waals surface area contributed by atoms with Gasteiger partial charge in [-0.05, 0) is 67.0 Å². The number of anilines is 1. The first-order chi connectivity index (χ1) is 13.8. The average molecular weight is 417 g/mol. The summed E-state index contributed by atoms with van der Waals surface area (Å²) in [7, 11) is -2.31. The number of rotatable bonds is 7. The second-order valence-electron chi connectivity index (χ2n) is 7.36. The molecular formula is C22H28N2O4S. The number of fused-ring (bicyclic) bond motifs is 1. The predicted molar refractivity (Wildman–Crippen MR) is 114 cm³/mol. The highest BCUT2D eigenvalue weighted by molar-refractivity contribution is 7.89. The van der Waals surface area contributed by atoms with Crippen molar-refractivity contribution < 1.29 is 17.9 Å². The Morgan fingerprint density at radius 3 is 2.48 bits per heavy atom. The molecule has 29 heavy (non-hydrogen) atoms. The van der Waals surface area contributed by atoms with Crippen LogP contribution in [0.5, 0.6) is 5.75 Å². The molecule has 0 aromatic heterocycles. The molecular weight excluding hydrogens is 388 g/mol. The van der Waals surface area contributed by atoms with Crippen molar-refractivity contribution >= 4 is 21.6 Å². The van der Waals surface area contributed by atoms with E-state index < -0.39 is 10.0 Å². The number of sulfonamides is 1. The van der Waals surface area contributed by atoms with Gasteiger partial charge in [0, 0.05) is 13.0 Å². The number of aryl methyl sites for hydroxylation is 2. The van der Waals surface area contributed by atoms with Crippen LogP contribution in [0.1, 0.15) is 55.8 Å². The highest BCUT2D eigenvalue weighted by Gasteiger charge is 2.23. The van der Waals surface area contributed by atoms with Crippen LogP contribution in [0.15, 0.2) is 41.3 Å². The van der Waals surface area contributed by atoms with Crippen LogP contribution >= 0.6 is 0 Å². The Morgan fingerprint density at radius 1 is 1.10 bits per heavy atom. The van der Waals surface area contributed by atoms with Crippen LogP contribution < -0.4 is 14.8 Å². The van der Waals surface area contributed by atoms with E-state index in [0.29, 0.717) is 17.9 Å². The number of carbonyl (C=O) groups is 1. The Labute approximate surface area is 172 Å². The van der Waals surface area contributed by atoms with Gasteiger partial charge in [0.25, 0.3) is 0 Å². The molecule has 2 aromatic rings. The van der Waals surface area contributed by atoms with Gasteiger partial charge in [-0.1, -0.05) is 25.1 Å². The fraction of sp³-hybridized carbons (Fsp3) is 0.409. The SMILES string of the molecule is CC[C@@H](NS(=O)(=O)c1ccc(OC)c(NC(C)=O)c1)c1ccc2c(c1)CCCC2. The summed E-state index contributed by atoms with van der Waals surface area (Å²) >= 11 is 0. The first-order valence-electron chi connectivity index (χ1n) is 9.93. The molecule has 1 aliphatic carbocycles. The standard InChI is InChI=1S/C22H28N2O4S/c1-4-20(18-10-9-16-7-5-6-8-17(16)13-18)24-29(26,27)19-11-12-22(28-3)21(14-19)23-15(2)25/h9-14,20,24H,4-8H2,1-3H3,(H,23,25)/t20-/m1/s1. The van der Waals surface area contributed by atoms with Gasteiger partial charge in [0.05, 0.1) is 17.7 Å². The molecule has 0 unspecified atom stereocenters. The molecule has 156 valence electrons. The molecule has 1 atom stereocenters. The van der Waals surface area contributed by atoms with E-state index in [9.17, 15) is 13.2 Å². The zero-order valence-electron chi connectivity index (χ0n) is 17.1. The van der Waals surface area contributed by atoms with E-state index >= 15 is 0 Å². The molecule has 0 bridgehead atoms. The molecule has 2 aromatic carbocycles. The van der Waals surface area contributed by atoms with E-state index in [1.807, 2.05) is 13.0 Å². The van der Waals surface area contributed by atoms with Gasteiger partial charge in [-0.15, -0.1) is 0 Å². The topological polar surface area (TPSA) is 84.5 Å². The van der Waals surface area contributed by atoms with Gasteiger partial charge in [0.2, 0.25) is 15.9 Å². The highest BCUT2D eigenvalue weighted by Crippen LogP contribution is 2.30. The number of hydrogen-bond donors (Lipinski definition) is 2. The molecule has 0 saturated carbocycles. The summed E-state index contributed by atoms with van der Waals surface area (Å²) in [5.74, 6) is 0.104. The van der Waals surface area contributed by atoms with Crippen LogP contribution in [0, 0.1) is 0 Å². The molecule has 0 fully saturated rings. The van der Waals surface area contributed by atoms with Gasteiger partial charge in [-0.3, -0.25) is 4.79 Å². The number of ether oxygens (including phenoxy) is 1. The summed E-state index contributed by atoms with van der Waals surface area (Å²) < 4.78 is 34.1. The van der Waals surface area contributed by atoms with E-state index in [0.717, 1.165) is 18.4 Å². The van der Waals surface area contributed by atoms with E-state index in [-0.39, 0.29) is 16.8 Å². The minimum absolute atomic E-state index is 0.0819. The Morgan fingerprint density at radius 2 is 1.83 bits per heavy atom. The first kappa shape index (κ1) is 21.3. The number of amides is 1. The molecule has 3 rings (SSSR count). The number of methoxy groups -OCH3 is 1. The molecule has 1 amide bonds. The Hall–Kier alpha value is -2.38. The summed E-state index contributed by atoms with van der Waals surface area (Å²) in [6, 6.07) is 10.4. The van der Waals surface area contributed by atoms with Gasteiger partial charge < -0.3 is 10.1 Å². The van der Waals surface area contributed by atoms with E-state index in [1.54, 1.807) is 6.07 Å². The summed E-state index contributed by atoms with van der Waals surface area (Å²) in [4.78, 5) is 11.5. The third kappa shape index (κ3) is 4.97. The predicted octanol–water partition coefficient (Wildman–Crippen LogP) is 3.96. The summed E-state index contributed by atoms with van der Waals surface area (Å²) in [5.41, 5.74) is 3.99. The lowest BCUT2D eigenvalue weighted by molar-refractivity contribution is -0.114. The van der Waals surface area contributed by atoms with Crippen LogP contribution in [-0.4, -0.2) is 21.4 Å². The van der Waals surface area contributed by atoms with E-state index in [2.05, 4.69) is 22.2 Å². The fourth-order valence-corrected chi connectivity index (χ4v) is 5.09. The molecule has 1 aliphatic rings. The maximum absolute atomic E-state index is 13.0. The molecule has 2 N–H and O–H groups in total. The van der Waals surface area contributed by atoms with Crippen LogP contribution in [0.2, 0.25) is 0 Å². The summed E-state index contributed by atoms with van der Waals surface area (Å²) in [6.07, 6.45) is 5.16. The molecule has 0 spiro atoms. The normalized spacial score (nSPS) is 14.7. The zero-order chi connectivity index (χ0) is 21.0. The van der Waals surface area contributed by atoms with Crippen LogP contribution in [0.25, 0.3) is 0 Å². The maximum Gasteiger partial charge on any atom is 0.241 e. The van der Waals surface area contributed by atoms with Gasteiger partial charge in [0.15, 0.2) is 0 Å². The molecule has 0 saturated heterocycles. The van der Waals surface area contributed by atoms with Gasteiger partial charge >= 0.3 is 0 Å². The minimum atomic E-state index is -3.78. The van der Waals surface area contributed by atoms with E-state index in [1.165, 1.54) is 50.1 Å². The second-order valence-corrected chi connectivity index (χ2v) is 9.07. The smallest absolute Gasteiger partial charge is 0.241 e. The zero-order valence-corrected chi connectivity index (χ0v) is 17.9. The molecule has 0 aliphatic heterocycles. The lowest BCUT2D eigenvalue weighted by Gasteiger charge is -2.22. The van der Waals surface area contributed by atoms with Gasteiger partial charge in [-0.25, -0.2) is 13.1 Å². The van der Waals surface area contributed by atoms with Crippen LogP contribution in [0.4, 0.5) is 5.69 Å². The third-order valence-corrected chi connectivity index (χ3v) is 6.74. The fourth-order valence-electron chi connectivity index (χ4n) is 3.75. The van der Waals surface area contributed by atoms with Crippen molar-refractivity contribution in [3.8, 4) is 5.75 Å². The first-order valence-corrected chi connectivity index (χ1v) is 11.4. The average Bonchev–Trinajstić information content (AvgIpc) is 2.71. The largest absolute Gasteiger partial charge is 0.495 e. The summed E-state index contributed by atoms with van der Waals surface area (Å²) in [5, 5.41) is 2.61. The van der Waals surface area contributed by atoms with E-state index in [4.69, 9.17) is 4.74 Å². The Balaban J connectivity index is 1.88. The van der Waals surface area contributed by atoms with Crippen LogP contribution in [0.3, 0.4) is 0 Å². The number of carbonyl (C=O) groups excluding carboxylic acids is 1. The maximum atomic E-state index is 13.0. The Bertz CT molecular complexity index is 1000. The van der Waals surface area contributed by atoms with Crippen molar-refractivity contribution in [1.29, 1.82) is 0 Å². The quantitative estimate of drug-likeness (QED) is 0.715. The van der Waals surface area contributed by atoms with Gasteiger partial charge in [-0.2, -0.15) is 0 Å². The second kappa shape index (κ2) is 8.97. The highest BCUT2D eigenvalue weighted by atomic mass is 32.2. The van der Waals surface area contributed by atoms with Crippen molar-refractivity contribution in [2.45, 2.75) is 56.9 Å². The Kier molecular flexibility index (Phi) is 6.59. The number of benzene rings is 2. The molecule has 6 nitrogen and oxygen atoms in total. The van der Waals surface area contributed by atoms with Crippen molar-refractivity contribution in [3.63, 3.8) is 0 Å². The molecule has 0 heterocycles. The minimum Gasteiger partial charge on any atom is -0.495 e. The van der Waals surface area contributed by atoms with Crippen molar-refractivity contribution in [3.05, 3.63) is 53.1 Å². The van der Waals surface area contributed by atoms with Crippen molar-refractivity contribution in [1.82, 2.24) is 4.72 Å². The van der Waals surface area contributed by atoms with Crippen molar-refractivity contribution in [2.75, 3.05) is 12.4 Å².